The molecule has 3 aromatic rings. The molecule has 0 atom stereocenters. The summed E-state index contributed by atoms with van der Waals surface area (Å²) < 4.78 is 7.80. The maximum atomic E-state index is 5.74. The van der Waals surface area contributed by atoms with Gasteiger partial charge >= 0.3 is 0 Å². The Morgan fingerprint density at radius 3 is 3.04 bits per heavy atom. The first-order chi connectivity index (χ1) is 11.3. The summed E-state index contributed by atoms with van der Waals surface area (Å²) in [5.74, 6) is 2.49. The summed E-state index contributed by atoms with van der Waals surface area (Å²) in [6.45, 7) is 3.79. The van der Waals surface area contributed by atoms with Crippen LogP contribution in [-0.2, 0) is 0 Å². The fourth-order valence-corrected chi connectivity index (χ4v) is 4.10. The van der Waals surface area contributed by atoms with E-state index in [1.807, 2.05) is 25.3 Å². The number of imidazole rings is 1. The van der Waals surface area contributed by atoms with E-state index in [0.717, 1.165) is 41.3 Å². The lowest BCUT2D eigenvalue weighted by Gasteiger charge is -2.14. The topological polar surface area (TPSA) is 46.6 Å². The number of amidine groups is 1. The lowest BCUT2D eigenvalue weighted by molar-refractivity contribution is 0.543. The summed E-state index contributed by atoms with van der Waals surface area (Å²) in [4.78, 5) is 12.6. The molecule has 0 radical (unpaired) electrons. The minimum Gasteiger partial charge on any atom is -0.458 e. The van der Waals surface area contributed by atoms with E-state index >= 15 is 0 Å². The van der Waals surface area contributed by atoms with Gasteiger partial charge in [0.15, 0.2) is 16.8 Å². The van der Waals surface area contributed by atoms with Crippen molar-refractivity contribution in [3.63, 3.8) is 0 Å². The Labute approximate surface area is 137 Å². The Hall–Kier alpha value is -2.47. The number of hydrogen-bond acceptors (Lipinski definition) is 5. The molecule has 0 aliphatic carbocycles. The number of nitrogens with zero attached hydrogens (tertiary/aromatic N) is 4. The summed E-state index contributed by atoms with van der Waals surface area (Å²) >= 11 is 1.75. The summed E-state index contributed by atoms with van der Waals surface area (Å²) in [5, 5.41) is 1.12. The van der Waals surface area contributed by atoms with E-state index in [0.29, 0.717) is 0 Å². The van der Waals surface area contributed by atoms with Crippen LogP contribution in [0.4, 0.5) is 5.69 Å². The van der Waals surface area contributed by atoms with Gasteiger partial charge in [-0.2, -0.15) is 0 Å². The van der Waals surface area contributed by atoms with E-state index in [4.69, 9.17) is 4.42 Å². The molecule has 0 bridgehead atoms. The number of hydrogen-bond donors (Lipinski definition) is 0. The second-order valence-corrected chi connectivity index (χ2v) is 6.61. The standard InChI is InChI=1S/C17H14N4OS/c1-11-2-4-14(22-11)16-18-6-8-20(16)12-3-5-15-13(10-12)21-9-7-19-17(21)23-15/h2-6,8,10H,7,9H2,1H3. The fourth-order valence-electron chi connectivity index (χ4n) is 3.04. The van der Waals surface area contributed by atoms with Crippen molar-refractivity contribution >= 4 is 22.6 Å². The Bertz CT molecular complexity index is 940. The third-order valence-electron chi connectivity index (χ3n) is 4.12. The molecular weight excluding hydrogens is 308 g/mol. The average molecular weight is 322 g/mol. The van der Waals surface area contributed by atoms with Crippen LogP contribution in [0.2, 0.25) is 0 Å². The lowest BCUT2D eigenvalue weighted by atomic mass is 10.2. The van der Waals surface area contributed by atoms with Crippen molar-refractivity contribution in [3.05, 3.63) is 48.5 Å². The van der Waals surface area contributed by atoms with Gasteiger partial charge in [0.25, 0.3) is 0 Å². The van der Waals surface area contributed by atoms with Gasteiger partial charge in [0, 0.05) is 29.5 Å². The van der Waals surface area contributed by atoms with Crippen LogP contribution in [0.15, 0.2) is 57.0 Å². The predicted octanol–water partition coefficient (Wildman–Crippen LogP) is 3.72. The van der Waals surface area contributed by atoms with Crippen LogP contribution in [0.1, 0.15) is 5.76 Å². The molecule has 23 heavy (non-hydrogen) atoms. The summed E-state index contributed by atoms with van der Waals surface area (Å²) in [6.07, 6.45) is 3.77. The lowest BCUT2D eigenvalue weighted by Crippen LogP contribution is -2.20. The molecule has 6 heteroatoms. The number of anilines is 1. The number of aryl methyl sites for hydroxylation is 1. The molecular formula is C17H14N4OS. The third-order valence-corrected chi connectivity index (χ3v) is 5.21. The Kier molecular flexibility index (Phi) is 2.69. The quantitative estimate of drug-likeness (QED) is 0.721. The summed E-state index contributed by atoms with van der Waals surface area (Å²) in [5.41, 5.74) is 2.32. The van der Waals surface area contributed by atoms with E-state index < -0.39 is 0 Å². The van der Waals surface area contributed by atoms with Gasteiger partial charge in [-0.15, -0.1) is 0 Å². The summed E-state index contributed by atoms with van der Waals surface area (Å²) in [7, 11) is 0. The average Bonchev–Trinajstić information content (AvgIpc) is 3.29. The molecule has 4 heterocycles. The highest BCUT2D eigenvalue weighted by Gasteiger charge is 2.29. The molecule has 0 amide bonds. The first-order valence-corrected chi connectivity index (χ1v) is 8.36. The molecule has 0 unspecified atom stereocenters. The SMILES string of the molecule is Cc1ccc(-c2nccn2-c2ccc3c(c2)N2CCN=C2S3)o1. The zero-order valence-corrected chi connectivity index (χ0v) is 13.4. The highest BCUT2D eigenvalue weighted by Crippen LogP contribution is 2.43. The van der Waals surface area contributed by atoms with Crippen LogP contribution < -0.4 is 4.90 Å². The molecule has 2 aliphatic rings. The fraction of sp³-hybridized carbons (Fsp3) is 0.176. The molecule has 0 fully saturated rings. The first-order valence-electron chi connectivity index (χ1n) is 7.54. The van der Waals surface area contributed by atoms with Crippen molar-refractivity contribution < 1.29 is 4.42 Å². The molecule has 1 aromatic carbocycles. The Morgan fingerprint density at radius 1 is 1.22 bits per heavy atom. The molecule has 114 valence electrons. The van der Waals surface area contributed by atoms with Gasteiger partial charge in [-0.1, -0.05) is 0 Å². The largest absolute Gasteiger partial charge is 0.458 e. The normalized spacial score (nSPS) is 15.7. The van der Waals surface area contributed by atoms with Crippen LogP contribution in [0.25, 0.3) is 17.3 Å². The van der Waals surface area contributed by atoms with Gasteiger partial charge < -0.3 is 9.32 Å². The van der Waals surface area contributed by atoms with Crippen molar-refractivity contribution in [2.75, 3.05) is 18.0 Å². The highest BCUT2D eigenvalue weighted by atomic mass is 32.2. The monoisotopic (exact) mass is 322 g/mol. The van der Waals surface area contributed by atoms with E-state index in [2.05, 4.69) is 37.6 Å². The van der Waals surface area contributed by atoms with Gasteiger partial charge in [0.2, 0.25) is 0 Å². The van der Waals surface area contributed by atoms with Crippen LogP contribution in [-0.4, -0.2) is 27.8 Å². The number of aromatic nitrogens is 2. The maximum Gasteiger partial charge on any atom is 0.180 e. The molecule has 2 aliphatic heterocycles. The van der Waals surface area contributed by atoms with Crippen molar-refractivity contribution in [2.24, 2.45) is 4.99 Å². The minimum atomic E-state index is 0.783. The van der Waals surface area contributed by atoms with E-state index in [1.165, 1.54) is 10.6 Å². The van der Waals surface area contributed by atoms with E-state index in [9.17, 15) is 0 Å². The van der Waals surface area contributed by atoms with Crippen molar-refractivity contribution in [1.29, 1.82) is 0 Å². The number of rotatable bonds is 2. The third kappa shape index (κ3) is 1.95. The van der Waals surface area contributed by atoms with Crippen molar-refractivity contribution in [2.45, 2.75) is 11.8 Å². The first kappa shape index (κ1) is 13.0. The van der Waals surface area contributed by atoms with E-state index in [1.54, 1.807) is 18.0 Å². The van der Waals surface area contributed by atoms with Gasteiger partial charge in [0.1, 0.15) is 5.76 Å². The maximum absolute atomic E-state index is 5.74. The number of fused-ring (bicyclic) bond motifs is 3. The van der Waals surface area contributed by atoms with Gasteiger partial charge in [0.05, 0.1) is 12.2 Å². The van der Waals surface area contributed by atoms with Crippen LogP contribution in [0.3, 0.4) is 0 Å². The zero-order chi connectivity index (χ0) is 15.4. The number of aliphatic imine (C=N–C) groups is 1. The Balaban J connectivity index is 1.61. The predicted molar refractivity (Wildman–Crippen MR) is 91.5 cm³/mol. The second-order valence-electron chi connectivity index (χ2n) is 5.60. The smallest absolute Gasteiger partial charge is 0.180 e. The second kappa shape index (κ2) is 4.76. The molecule has 0 saturated heterocycles. The van der Waals surface area contributed by atoms with Crippen molar-refractivity contribution in [1.82, 2.24) is 9.55 Å². The minimum absolute atomic E-state index is 0.783. The Morgan fingerprint density at radius 2 is 2.17 bits per heavy atom. The van der Waals surface area contributed by atoms with Crippen LogP contribution in [0.5, 0.6) is 0 Å². The number of furan rings is 1. The molecule has 0 saturated carbocycles. The molecule has 5 rings (SSSR count). The van der Waals surface area contributed by atoms with Crippen LogP contribution >= 0.6 is 11.8 Å². The molecule has 0 N–H and O–H groups in total. The van der Waals surface area contributed by atoms with E-state index in [-0.39, 0.29) is 0 Å². The van der Waals surface area contributed by atoms with Gasteiger partial charge in [-0.05, 0) is 49.0 Å². The van der Waals surface area contributed by atoms with Crippen LogP contribution in [0, 0.1) is 6.92 Å². The number of benzene rings is 1. The van der Waals surface area contributed by atoms with Gasteiger partial charge in [-0.25, -0.2) is 4.98 Å². The molecule has 0 spiro atoms. The van der Waals surface area contributed by atoms with Gasteiger partial charge in [-0.3, -0.25) is 9.56 Å². The molecule has 2 aromatic heterocycles. The zero-order valence-electron chi connectivity index (χ0n) is 12.6. The summed E-state index contributed by atoms with van der Waals surface area (Å²) in [6, 6.07) is 10.4. The number of thioether (sulfide) groups is 1. The van der Waals surface area contributed by atoms with Crippen molar-refractivity contribution in [3.8, 4) is 17.3 Å². The molecule has 5 nitrogen and oxygen atoms in total. The highest BCUT2D eigenvalue weighted by molar-refractivity contribution is 8.14.